The number of fused-ring (bicyclic) bond motifs is 1. The van der Waals surface area contributed by atoms with Gasteiger partial charge in [0.15, 0.2) is 0 Å². The average Bonchev–Trinajstić information content (AvgIpc) is 2.67. The maximum atomic E-state index is 11.0. The molecule has 0 aliphatic carbocycles. The number of H-pyrrole nitrogens is 1. The summed E-state index contributed by atoms with van der Waals surface area (Å²) in [6.45, 7) is 0. The van der Waals surface area contributed by atoms with E-state index in [-0.39, 0.29) is 5.97 Å². The van der Waals surface area contributed by atoms with Crippen LogP contribution >= 0.6 is 15.9 Å². The number of halogens is 1. The summed E-state index contributed by atoms with van der Waals surface area (Å²) in [7, 11) is 1.39. The Morgan fingerprint density at radius 1 is 1.56 bits per heavy atom. The number of ether oxygens (including phenoxy) is 1. The lowest BCUT2D eigenvalue weighted by atomic mass is 10.3. The van der Waals surface area contributed by atoms with E-state index in [2.05, 4.69) is 30.6 Å². The van der Waals surface area contributed by atoms with Gasteiger partial charge in [-0.3, -0.25) is 4.79 Å². The molecule has 1 N–H and O–H groups in total. The number of hydrogen-bond donors (Lipinski definition) is 1. The Kier molecular flexibility index (Phi) is 3.24. The molecule has 1 heterocycles. The van der Waals surface area contributed by atoms with Crippen molar-refractivity contribution < 1.29 is 9.53 Å². The number of carbonyl (C=O) groups is 1. The van der Waals surface area contributed by atoms with Gasteiger partial charge in [0.2, 0.25) is 0 Å². The lowest BCUT2D eigenvalue weighted by molar-refractivity contribution is -0.140. The SMILES string of the molecule is COC(=O)CCc1nc2ccc(Br)cc2[nH]1. The van der Waals surface area contributed by atoms with Gasteiger partial charge in [0.05, 0.1) is 24.6 Å². The van der Waals surface area contributed by atoms with Crippen LogP contribution in [0, 0.1) is 0 Å². The zero-order chi connectivity index (χ0) is 11.5. The zero-order valence-corrected chi connectivity index (χ0v) is 10.4. The number of carbonyl (C=O) groups excluding carboxylic acids is 1. The first-order valence-corrected chi connectivity index (χ1v) is 5.69. The molecule has 0 radical (unpaired) electrons. The van der Waals surface area contributed by atoms with E-state index in [1.165, 1.54) is 7.11 Å². The molecule has 4 nitrogen and oxygen atoms in total. The Balaban J connectivity index is 2.16. The van der Waals surface area contributed by atoms with Crippen LogP contribution in [0.1, 0.15) is 12.2 Å². The van der Waals surface area contributed by atoms with E-state index in [0.29, 0.717) is 12.8 Å². The fourth-order valence-electron chi connectivity index (χ4n) is 1.48. The van der Waals surface area contributed by atoms with Gasteiger partial charge in [0, 0.05) is 10.9 Å². The van der Waals surface area contributed by atoms with E-state index in [1.54, 1.807) is 0 Å². The molecule has 5 heteroatoms. The molecule has 0 amide bonds. The van der Waals surface area contributed by atoms with Gasteiger partial charge in [-0.1, -0.05) is 15.9 Å². The van der Waals surface area contributed by atoms with Crippen LogP contribution in [0.25, 0.3) is 11.0 Å². The van der Waals surface area contributed by atoms with Crippen molar-refractivity contribution in [3.05, 3.63) is 28.5 Å². The molecule has 0 bridgehead atoms. The molecule has 2 aromatic rings. The van der Waals surface area contributed by atoms with Crippen molar-refractivity contribution in [2.75, 3.05) is 7.11 Å². The third kappa shape index (κ3) is 2.41. The number of rotatable bonds is 3. The third-order valence-corrected chi connectivity index (χ3v) is 2.78. The van der Waals surface area contributed by atoms with Crippen LogP contribution in [0.15, 0.2) is 22.7 Å². The molecule has 0 spiro atoms. The van der Waals surface area contributed by atoms with Crippen LogP contribution in [0.5, 0.6) is 0 Å². The van der Waals surface area contributed by atoms with E-state index < -0.39 is 0 Å². The number of aromatic amines is 1. The van der Waals surface area contributed by atoms with Gasteiger partial charge in [-0.15, -0.1) is 0 Å². The standard InChI is InChI=1S/C11H11BrN2O2/c1-16-11(15)5-4-10-13-8-3-2-7(12)6-9(8)14-10/h2-3,6H,4-5H2,1H3,(H,13,14). The maximum Gasteiger partial charge on any atom is 0.305 e. The second kappa shape index (κ2) is 4.65. The summed E-state index contributed by atoms with van der Waals surface area (Å²) in [5.41, 5.74) is 1.87. The zero-order valence-electron chi connectivity index (χ0n) is 8.79. The molecule has 2 rings (SSSR count). The highest BCUT2D eigenvalue weighted by molar-refractivity contribution is 9.10. The molecule has 0 atom stereocenters. The molecular weight excluding hydrogens is 272 g/mol. The number of nitrogens with one attached hydrogen (secondary N) is 1. The molecular formula is C11H11BrN2O2. The predicted molar refractivity (Wildman–Crippen MR) is 64.1 cm³/mol. The summed E-state index contributed by atoms with van der Waals surface area (Å²) < 4.78 is 5.58. The van der Waals surface area contributed by atoms with Crippen LogP contribution in [0.2, 0.25) is 0 Å². The number of benzene rings is 1. The average molecular weight is 283 g/mol. The van der Waals surface area contributed by atoms with E-state index in [0.717, 1.165) is 21.3 Å². The summed E-state index contributed by atoms with van der Waals surface area (Å²) in [5.74, 6) is 0.583. The Hall–Kier alpha value is -1.36. The van der Waals surface area contributed by atoms with Crippen LogP contribution in [-0.2, 0) is 16.0 Å². The molecule has 0 saturated carbocycles. The maximum absolute atomic E-state index is 11.0. The van der Waals surface area contributed by atoms with Crippen LogP contribution < -0.4 is 0 Å². The van der Waals surface area contributed by atoms with Gasteiger partial charge in [-0.05, 0) is 18.2 Å². The lowest BCUT2D eigenvalue weighted by Crippen LogP contribution is -2.02. The monoisotopic (exact) mass is 282 g/mol. The molecule has 1 aromatic carbocycles. The van der Waals surface area contributed by atoms with Gasteiger partial charge < -0.3 is 9.72 Å². The van der Waals surface area contributed by atoms with Crippen LogP contribution in [0.4, 0.5) is 0 Å². The molecule has 84 valence electrons. The smallest absolute Gasteiger partial charge is 0.305 e. The molecule has 0 fully saturated rings. The second-order valence-corrected chi connectivity index (χ2v) is 4.34. The molecule has 0 aliphatic rings. The first-order valence-electron chi connectivity index (χ1n) is 4.90. The summed E-state index contributed by atoms with van der Waals surface area (Å²) in [6.07, 6.45) is 0.913. The number of esters is 1. The molecule has 0 saturated heterocycles. The normalized spacial score (nSPS) is 10.6. The fourth-order valence-corrected chi connectivity index (χ4v) is 1.84. The minimum absolute atomic E-state index is 0.221. The summed E-state index contributed by atoms with van der Waals surface area (Å²) in [5, 5.41) is 0. The topological polar surface area (TPSA) is 55.0 Å². The largest absolute Gasteiger partial charge is 0.469 e. The molecule has 0 aliphatic heterocycles. The minimum Gasteiger partial charge on any atom is -0.469 e. The number of nitrogens with zero attached hydrogens (tertiary/aromatic N) is 1. The molecule has 0 unspecified atom stereocenters. The van der Waals surface area contributed by atoms with Crippen molar-refractivity contribution in [1.29, 1.82) is 0 Å². The number of hydrogen-bond acceptors (Lipinski definition) is 3. The van der Waals surface area contributed by atoms with Crippen molar-refractivity contribution >= 4 is 32.9 Å². The Morgan fingerprint density at radius 3 is 3.12 bits per heavy atom. The van der Waals surface area contributed by atoms with Gasteiger partial charge in [0.25, 0.3) is 0 Å². The Labute approximate surface area is 101 Å². The summed E-state index contributed by atoms with van der Waals surface area (Å²) >= 11 is 3.39. The highest BCUT2D eigenvalue weighted by atomic mass is 79.9. The lowest BCUT2D eigenvalue weighted by Gasteiger charge is -1.95. The number of aromatic nitrogens is 2. The van der Waals surface area contributed by atoms with Crippen LogP contribution in [0.3, 0.4) is 0 Å². The van der Waals surface area contributed by atoms with Gasteiger partial charge in [-0.2, -0.15) is 0 Å². The van der Waals surface area contributed by atoms with Gasteiger partial charge >= 0.3 is 5.97 Å². The van der Waals surface area contributed by atoms with Crippen molar-refractivity contribution in [3.8, 4) is 0 Å². The predicted octanol–water partition coefficient (Wildman–Crippen LogP) is 2.43. The number of aryl methyl sites for hydroxylation is 1. The fraction of sp³-hybridized carbons (Fsp3) is 0.273. The number of methoxy groups -OCH3 is 1. The first kappa shape index (κ1) is 11.1. The van der Waals surface area contributed by atoms with Crippen molar-refractivity contribution in [1.82, 2.24) is 9.97 Å². The van der Waals surface area contributed by atoms with Crippen molar-refractivity contribution in [2.45, 2.75) is 12.8 Å². The Bertz CT molecular complexity index is 522. The van der Waals surface area contributed by atoms with E-state index in [1.807, 2.05) is 18.2 Å². The molecule has 1 aromatic heterocycles. The molecule has 16 heavy (non-hydrogen) atoms. The van der Waals surface area contributed by atoms with Crippen molar-refractivity contribution in [2.24, 2.45) is 0 Å². The van der Waals surface area contributed by atoms with Crippen LogP contribution in [-0.4, -0.2) is 23.0 Å². The highest BCUT2D eigenvalue weighted by Crippen LogP contribution is 2.18. The van der Waals surface area contributed by atoms with E-state index in [9.17, 15) is 4.79 Å². The highest BCUT2D eigenvalue weighted by Gasteiger charge is 2.06. The Morgan fingerprint density at radius 2 is 2.38 bits per heavy atom. The van der Waals surface area contributed by atoms with E-state index in [4.69, 9.17) is 0 Å². The first-order chi connectivity index (χ1) is 7.69. The van der Waals surface area contributed by atoms with Crippen molar-refractivity contribution in [3.63, 3.8) is 0 Å². The summed E-state index contributed by atoms with van der Waals surface area (Å²) in [4.78, 5) is 18.5. The summed E-state index contributed by atoms with van der Waals surface area (Å²) in [6, 6.07) is 5.83. The third-order valence-electron chi connectivity index (χ3n) is 2.29. The van der Waals surface area contributed by atoms with Gasteiger partial charge in [-0.25, -0.2) is 4.98 Å². The quantitative estimate of drug-likeness (QED) is 0.880. The van der Waals surface area contributed by atoms with E-state index >= 15 is 0 Å². The number of imidazole rings is 1. The minimum atomic E-state index is -0.221. The second-order valence-electron chi connectivity index (χ2n) is 3.42. The van der Waals surface area contributed by atoms with Gasteiger partial charge in [0.1, 0.15) is 5.82 Å².